The van der Waals surface area contributed by atoms with Gasteiger partial charge in [-0.05, 0) is 44.5 Å². The van der Waals surface area contributed by atoms with Gasteiger partial charge in [-0.3, -0.25) is 14.4 Å². The monoisotopic (exact) mass is 415 g/mol. The van der Waals surface area contributed by atoms with E-state index in [0.29, 0.717) is 43.9 Å². The smallest absolute Gasteiger partial charge is 0.312 e. The zero-order valence-corrected chi connectivity index (χ0v) is 17.4. The average molecular weight is 415 g/mol. The minimum atomic E-state index is -0.626. The molecule has 0 unspecified atom stereocenters. The lowest BCUT2D eigenvalue weighted by atomic mass is 10.1. The predicted octanol–water partition coefficient (Wildman–Crippen LogP) is 1.38. The summed E-state index contributed by atoms with van der Waals surface area (Å²) < 4.78 is 14.9. The Kier molecular flexibility index (Phi) is 6.49. The van der Waals surface area contributed by atoms with Crippen LogP contribution in [-0.2, 0) is 16.0 Å². The summed E-state index contributed by atoms with van der Waals surface area (Å²) >= 11 is 0. The summed E-state index contributed by atoms with van der Waals surface area (Å²) in [6.07, 6.45) is 2.10. The van der Waals surface area contributed by atoms with E-state index in [1.54, 1.807) is 35.6 Å². The zero-order chi connectivity index (χ0) is 21.8. The van der Waals surface area contributed by atoms with E-state index in [1.807, 2.05) is 6.92 Å². The number of halogens is 1. The van der Waals surface area contributed by atoms with Crippen LogP contribution >= 0.6 is 0 Å². The molecule has 1 aliphatic rings. The number of amides is 3. The molecule has 0 saturated carbocycles. The van der Waals surface area contributed by atoms with Crippen LogP contribution in [0.25, 0.3) is 5.69 Å². The first kappa shape index (κ1) is 21.5. The Morgan fingerprint density at radius 3 is 2.23 bits per heavy atom. The van der Waals surface area contributed by atoms with Gasteiger partial charge in [-0.1, -0.05) is 6.92 Å². The number of hydrogen-bond acceptors (Lipinski definition) is 4. The number of nitrogens with zero attached hydrogens (tertiary/aromatic N) is 4. The molecule has 9 heteroatoms. The van der Waals surface area contributed by atoms with Gasteiger partial charge in [0, 0.05) is 32.2 Å². The maximum absolute atomic E-state index is 13.2. The van der Waals surface area contributed by atoms with E-state index >= 15 is 0 Å². The summed E-state index contributed by atoms with van der Waals surface area (Å²) in [5.41, 5.74) is 1.90. The summed E-state index contributed by atoms with van der Waals surface area (Å²) in [4.78, 5) is 40.3. The maximum Gasteiger partial charge on any atom is 0.312 e. The molecule has 1 aromatic carbocycles. The highest BCUT2D eigenvalue weighted by Crippen LogP contribution is 2.19. The van der Waals surface area contributed by atoms with Crippen LogP contribution in [0.2, 0.25) is 0 Å². The van der Waals surface area contributed by atoms with E-state index < -0.39 is 11.8 Å². The van der Waals surface area contributed by atoms with E-state index in [9.17, 15) is 18.8 Å². The lowest BCUT2D eigenvalue weighted by Crippen LogP contribution is -2.54. The summed E-state index contributed by atoms with van der Waals surface area (Å²) in [7, 11) is 0. The topological polar surface area (TPSA) is 87.5 Å². The normalized spacial score (nSPS) is 14.2. The fourth-order valence-electron chi connectivity index (χ4n) is 3.45. The van der Waals surface area contributed by atoms with Crippen molar-refractivity contribution < 1.29 is 18.8 Å². The molecule has 3 amide bonds. The lowest BCUT2D eigenvalue weighted by Gasteiger charge is -2.34. The quantitative estimate of drug-likeness (QED) is 0.765. The molecule has 2 heterocycles. The minimum Gasteiger partial charge on any atom is -0.346 e. The molecule has 160 valence electrons. The summed E-state index contributed by atoms with van der Waals surface area (Å²) in [5.74, 6) is -1.71. The van der Waals surface area contributed by atoms with Gasteiger partial charge in [-0.2, -0.15) is 5.10 Å². The van der Waals surface area contributed by atoms with Crippen LogP contribution in [0, 0.1) is 5.82 Å². The van der Waals surface area contributed by atoms with E-state index in [2.05, 4.69) is 10.4 Å². The molecular formula is C21H26FN5O3. The Morgan fingerprint density at radius 1 is 1.07 bits per heavy atom. The molecule has 3 rings (SSSR count). The van der Waals surface area contributed by atoms with Crippen molar-refractivity contribution in [3.8, 4) is 5.69 Å². The van der Waals surface area contributed by atoms with Gasteiger partial charge in [0.25, 0.3) is 5.91 Å². The minimum absolute atomic E-state index is 0.116. The first-order valence-electron chi connectivity index (χ1n) is 10.0. The molecule has 2 aromatic rings. The van der Waals surface area contributed by atoms with Gasteiger partial charge in [0.15, 0.2) is 0 Å². The van der Waals surface area contributed by atoms with Gasteiger partial charge in [0.2, 0.25) is 0 Å². The van der Waals surface area contributed by atoms with Crippen molar-refractivity contribution in [3.05, 3.63) is 47.5 Å². The lowest BCUT2D eigenvalue weighted by molar-refractivity contribution is -0.147. The highest BCUT2D eigenvalue weighted by Gasteiger charge is 2.30. The van der Waals surface area contributed by atoms with Crippen molar-refractivity contribution in [2.75, 3.05) is 26.2 Å². The van der Waals surface area contributed by atoms with Crippen LogP contribution in [0.1, 0.15) is 36.8 Å². The Bertz CT molecular complexity index is 931. The van der Waals surface area contributed by atoms with E-state index in [0.717, 1.165) is 5.69 Å². The molecular weight excluding hydrogens is 389 g/mol. The van der Waals surface area contributed by atoms with Crippen LogP contribution in [-0.4, -0.2) is 69.5 Å². The molecule has 0 bridgehead atoms. The summed E-state index contributed by atoms with van der Waals surface area (Å²) in [6.45, 7) is 6.78. The number of piperazine rings is 1. The Morgan fingerprint density at radius 2 is 1.67 bits per heavy atom. The van der Waals surface area contributed by atoms with Gasteiger partial charge in [0.1, 0.15) is 5.82 Å². The van der Waals surface area contributed by atoms with E-state index in [1.165, 1.54) is 23.2 Å². The molecule has 1 fully saturated rings. The molecule has 0 radical (unpaired) electrons. The largest absolute Gasteiger partial charge is 0.346 e. The van der Waals surface area contributed by atoms with Crippen LogP contribution in [0.4, 0.5) is 4.39 Å². The molecule has 1 N–H and O–H groups in total. The number of carbonyl (C=O) groups excluding carboxylic acids is 3. The fourth-order valence-corrected chi connectivity index (χ4v) is 3.45. The second kappa shape index (κ2) is 9.06. The third-order valence-electron chi connectivity index (χ3n) is 4.97. The first-order valence-corrected chi connectivity index (χ1v) is 10.0. The number of aromatic nitrogens is 2. The molecule has 0 aliphatic carbocycles. The van der Waals surface area contributed by atoms with Crippen LogP contribution in [0.15, 0.2) is 30.5 Å². The van der Waals surface area contributed by atoms with Gasteiger partial charge in [0.05, 0.1) is 23.1 Å². The van der Waals surface area contributed by atoms with Gasteiger partial charge in [-0.25, -0.2) is 9.07 Å². The second-order valence-electron chi connectivity index (χ2n) is 7.46. The number of hydrogen-bond donors (Lipinski definition) is 1. The van der Waals surface area contributed by atoms with Gasteiger partial charge >= 0.3 is 11.8 Å². The maximum atomic E-state index is 13.2. The van der Waals surface area contributed by atoms with Crippen molar-refractivity contribution in [1.29, 1.82) is 0 Å². The Labute approximate surface area is 174 Å². The van der Waals surface area contributed by atoms with Crippen molar-refractivity contribution in [2.45, 2.75) is 33.2 Å². The number of nitrogens with one attached hydrogen (secondary N) is 1. The van der Waals surface area contributed by atoms with Crippen molar-refractivity contribution >= 4 is 17.7 Å². The van der Waals surface area contributed by atoms with Crippen molar-refractivity contribution in [1.82, 2.24) is 24.9 Å². The number of rotatable bonds is 4. The molecule has 0 atom stereocenters. The standard InChI is InChI=1S/C21H26FN5O3/c1-4-18-17(13-23-27(18)16-7-5-15(22)6-8-16)20(29)25-9-11-26(12-10-25)21(30)19(28)24-14(2)3/h5-8,13-14H,4,9-12H2,1-3H3,(H,24,28). The average Bonchev–Trinajstić information content (AvgIpc) is 3.17. The third kappa shape index (κ3) is 4.50. The molecule has 1 aromatic heterocycles. The molecule has 0 spiro atoms. The molecule has 30 heavy (non-hydrogen) atoms. The van der Waals surface area contributed by atoms with Crippen LogP contribution < -0.4 is 5.32 Å². The number of benzene rings is 1. The highest BCUT2D eigenvalue weighted by molar-refractivity contribution is 6.35. The van der Waals surface area contributed by atoms with Crippen LogP contribution in [0.3, 0.4) is 0 Å². The van der Waals surface area contributed by atoms with E-state index in [-0.39, 0.29) is 17.8 Å². The third-order valence-corrected chi connectivity index (χ3v) is 4.97. The molecule has 1 aliphatic heterocycles. The fraction of sp³-hybridized carbons (Fsp3) is 0.429. The first-order chi connectivity index (χ1) is 14.3. The SMILES string of the molecule is CCc1c(C(=O)N2CCN(C(=O)C(=O)NC(C)C)CC2)cnn1-c1ccc(F)cc1. The predicted molar refractivity (Wildman–Crippen MR) is 109 cm³/mol. The van der Waals surface area contributed by atoms with Crippen molar-refractivity contribution in [3.63, 3.8) is 0 Å². The highest BCUT2D eigenvalue weighted by atomic mass is 19.1. The van der Waals surface area contributed by atoms with Gasteiger partial charge < -0.3 is 15.1 Å². The van der Waals surface area contributed by atoms with Gasteiger partial charge in [-0.15, -0.1) is 0 Å². The molecule has 8 nitrogen and oxygen atoms in total. The van der Waals surface area contributed by atoms with Crippen LogP contribution in [0.5, 0.6) is 0 Å². The number of carbonyl (C=O) groups is 3. The second-order valence-corrected chi connectivity index (χ2v) is 7.46. The Balaban J connectivity index is 1.69. The zero-order valence-electron chi connectivity index (χ0n) is 17.4. The summed E-state index contributed by atoms with van der Waals surface area (Å²) in [5, 5.41) is 6.92. The Hall–Kier alpha value is -3.23. The van der Waals surface area contributed by atoms with Crippen molar-refractivity contribution in [2.24, 2.45) is 0 Å². The molecule has 1 saturated heterocycles. The van der Waals surface area contributed by atoms with E-state index in [4.69, 9.17) is 0 Å². The summed E-state index contributed by atoms with van der Waals surface area (Å²) in [6, 6.07) is 5.81.